The van der Waals surface area contributed by atoms with Crippen LogP contribution in [0, 0.1) is 6.92 Å². The number of rotatable bonds is 5. The van der Waals surface area contributed by atoms with Gasteiger partial charge in [-0.25, -0.2) is 0 Å². The first-order valence-electron chi connectivity index (χ1n) is 6.56. The number of benzene rings is 2. The van der Waals surface area contributed by atoms with E-state index in [1.54, 1.807) is 25.1 Å². The molecular formula is C16H17N3O2. The molecule has 0 radical (unpaired) electrons. The third-order valence-electron chi connectivity index (χ3n) is 3.10. The van der Waals surface area contributed by atoms with Crippen LogP contribution in [0.2, 0.25) is 0 Å². The van der Waals surface area contributed by atoms with Crippen LogP contribution >= 0.6 is 0 Å². The minimum absolute atomic E-state index is 0.109. The Bertz CT molecular complexity index is 654. The Kier molecular flexibility index (Phi) is 4.56. The van der Waals surface area contributed by atoms with E-state index in [4.69, 9.17) is 5.73 Å². The smallest absolute Gasteiger partial charge is 0.249 e. The summed E-state index contributed by atoms with van der Waals surface area (Å²) in [6, 6.07) is 14.4. The molecule has 2 aromatic rings. The normalized spacial score (nSPS) is 9.95. The molecule has 5 nitrogen and oxygen atoms in total. The fourth-order valence-corrected chi connectivity index (χ4v) is 2.00. The number of carbonyl (C=O) groups is 2. The predicted molar refractivity (Wildman–Crippen MR) is 83.3 cm³/mol. The third kappa shape index (κ3) is 3.82. The number of nitrogens with two attached hydrogens (primary N) is 1. The maximum atomic E-state index is 11.9. The van der Waals surface area contributed by atoms with E-state index in [1.807, 2.05) is 30.3 Å². The van der Waals surface area contributed by atoms with Crippen molar-refractivity contribution in [2.24, 2.45) is 5.73 Å². The van der Waals surface area contributed by atoms with Crippen molar-refractivity contribution < 1.29 is 9.59 Å². The Hall–Kier alpha value is -2.82. The molecule has 2 rings (SSSR count). The molecule has 0 heterocycles. The molecule has 0 aromatic heterocycles. The largest absolute Gasteiger partial charge is 0.376 e. The van der Waals surface area contributed by atoms with Gasteiger partial charge in [0.2, 0.25) is 11.8 Å². The summed E-state index contributed by atoms with van der Waals surface area (Å²) in [6.07, 6.45) is 0. The van der Waals surface area contributed by atoms with Crippen molar-refractivity contribution in [3.63, 3.8) is 0 Å². The van der Waals surface area contributed by atoms with Crippen molar-refractivity contribution in [2.45, 2.75) is 6.92 Å². The zero-order valence-corrected chi connectivity index (χ0v) is 11.7. The number of carbonyl (C=O) groups excluding carboxylic acids is 2. The second-order valence-electron chi connectivity index (χ2n) is 4.61. The first kappa shape index (κ1) is 14.6. The van der Waals surface area contributed by atoms with Crippen LogP contribution in [0.5, 0.6) is 0 Å². The van der Waals surface area contributed by atoms with Crippen molar-refractivity contribution in [1.82, 2.24) is 0 Å². The molecule has 0 saturated heterocycles. The van der Waals surface area contributed by atoms with E-state index in [9.17, 15) is 9.59 Å². The van der Waals surface area contributed by atoms with Gasteiger partial charge < -0.3 is 16.4 Å². The lowest BCUT2D eigenvalue weighted by molar-refractivity contribution is -0.114. The minimum atomic E-state index is -0.482. The monoisotopic (exact) mass is 283 g/mol. The summed E-state index contributed by atoms with van der Waals surface area (Å²) in [5, 5.41) is 5.78. The molecule has 0 aliphatic carbocycles. The van der Waals surface area contributed by atoms with E-state index in [-0.39, 0.29) is 12.5 Å². The molecule has 2 aromatic carbocycles. The van der Waals surface area contributed by atoms with E-state index in [2.05, 4.69) is 10.6 Å². The van der Waals surface area contributed by atoms with Crippen LogP contribution < -0.4 is 16.4 Å². The number of anilines is 2. The Morgan fingerprint density at radius 2 is 1.76 bits per heavy atom. The topological polar surface area (TPSA) is 84.2 Å². The summed E-state index contributed by atoms with van der Waals surface area (Å²) in [7, 11) is 0. The van der Waals surface area contributed by atoms with Crippen molar-refractivity contribution in [3.8, 4) is 0 Å². The van der Waals surface area contributed by atoms with Gasteiger partial charge in [0.05, 0.1) is 6.54 Å². The number of hydrogen-bond donors (Lipinski definition) is 3. The third-order valence-corrected chi connectivity index (χ3v) is 3.10. The van der Waals surface area contributed by atoms with Gasteiger partial charge in [-0.3, -0.25) is 9.59 Å². The molecule has 0 aliphatic heterocycles. The highest BCUT2D eigenvalue weighted by Gasteiger charge is 2.09. The predicted octanol–water partition coefficient (Wildman–Crippen LogP) is 2.14. The van der Waals surface area contributed by atoms with E-state index in [0.717, 1.165) is 16.9 Å². The lowest BCUT2D eigenvalue weighted by Crippen LogP contribution is -2.22. The zero-order valence-electron chi connectivity index (χ0n) is 11.7. The molecule has 0 spiro atoms. The number of nitrogens with one attached hydrogen (secondary N) is 2. The molecule has 108 valence electrons. The molecule has 0 atom stereocenters. The van der Waals surface area contributed by atoms with Gasteiger partial charge in [-0.1, -0.05) is 24.3 Å². The standard InChI is InChI=1S/C16H17N3O2/c1-11-13(16(17)21)8-5-9-14(11)18-10-15(20)19-12-6-3-2-4-7-12/h2-9,18H,10H2,1H3,(H2,17,21)(H,19,20). The lowest BCUT2D eigenvalue weighted by Gasteiger charge is -2.12. The molecule has 0 saturated carbocycles. The van der Waals surface area contributed by atoms with Crippen molar-refractivity contribution in [2.75, 3.05) is 17.2 Å². The molecule has 5 heteroatoms. The average molecular weight is 283 g/mol. The Labute approximate surface area is 123 Å². The molecule has 0 aliphatic rings. The van der Waals surface area contributed by atoms with Gasteiger partial charge in [-0.05, 0) is 36.8 Å². The number of para-hydroxylation sites is 1. The Morgan fingerprint density at radius 1 is 1.05 bits per heavy atom. The number of amides is 2. The van der Waals surface area contributed by atoms with E-state index in [1.165, 1.54) is 0 Å². The summed E-state index contributed by atoms with van der Waals surface area (Å²) in [4.78, 5) is 23.1. The molecule has 4 N–H and O–H groups in total. The molecule has 0 fully saturated rings. The molecule has 0 bridgehead atoms. The van der Waals surface area contributed by atoms with Gasteiger partial charge in [0.15, 0.2) is 0 Å². The fraction of sp³-hybridized carbons (Fsp3) is 0.125. The van der Waals surface area contributed by atoms with Crippen molar-refractivity contribution in [3.05, 3.63) is 59.7 Å². The second-order valence-corrected chi connectivity index (χ2v) is 4.61. The highest BCUT2D eigenvalue weighted by molar-refractivity contribution is 5.97. The highest BCUT2D eigenvalue weighted by Crippen LogP contribution is 2.18. The van der Waals surface area contributed by atoms with Crippen LogP contribution in [-0.4, -0.2) is 18.4 Å². The SMILES string of the molecule is Cc1c(NCC(=O)Nc2ccccc2)cccc1C(N)=O. The molecular weight excluding hydrogens is 266 g/mol. The first-order valence-corrected chi connectivity index (χ1v) is 6.56. The first-order chi connectivity index (χ1) is 10.1. The van der Waals surface area contributed by atoms with Crippen LogP contribution in [0.25, 0.3) is 0 Å². The maximum absolute atomic E-state index is 11.9. The number of hydrogen-bond acceptors (Lipinski definition) is 3. The van der Waals surface area contributed by atoms with Crippen LogP contribution in [0.4, 0.5) is 11.4 Å². The maximum Gasteiger partial charge on any atom is 0.249 e. The van der Waals surface area contributed by atoms with Gasteiger partial charge in [-0.2, -0.15) is 0 Å². The van der Waals surface area contributed by atoms with Crippen LogP contribution in [0.15, 0.2) is 48.5 Å². The van der Waals surface area contributed by atoms with Gasteiger partial charge in [0.1, 0.15) is 0 Å². The van der Waals surface area contributed by atoms with Crippen LogP contribution in [0.1, 0.15) is 15.9 Å². The van der Waals surface area contributed by atoms with E-state index in [0.29, 0.717) is 5.56 Å². The number of primary amides is 1. The summed E-state index contributed by atoms with van der Waals surface area (Å²) in [6.45, 7) is 1.90. The molecule has 21 heavy (non-hydrogen) atoms. The molecule has 0 unspecified atom stereocenters. The summed E-state index contributed by atoms with van der Waals surface area (Å²) in [5.41, 5.74) is 7.94. The quantitative estimate of drug-likeness (QED) is 0.786. The second kappa shape index (κ2) is 6.56. The lowest BCUT2D eigenvalue weighted by atomic mass is 10.1. The molecule has 2 amide bonds. The summed E-state index contributed by atoms with van der Waals surface area (Å²) < 4.78 is 0. The van der Waals surface area contributed by atoms with Crippen LogP contribution in [-0.2, 0) is 4.79 Å². The van der Waals surface area contributed by atoms with E-state index >= 15 is 0 Å². The van der Waals surface area contributed by atoms with Gasteiger partial charge in [-0.15, -0.1) is 0 Å². The van der Waals surface area contributed by atoms with Gasteiger partial charge in [0, 0.05) is 16.9 Å². The van der Waals surface area contributed by atoms with Crippen molar-refractivity contribution in [1.29, 1.82) is 0 Å². The van der Waals surface area contributed by atoms with E-state index < -0.39 is 5.91 Å². The average Bonchev–Trinajstić information content (AvgIpc) is 2.47. The minimum Gasteiger partial charge on any atom is -0.376 e. The highest BCUT2D eigenvalue weighted by atomic mass is 16.2. The summed E-state index contributed by atoms with van der Waals surface area (Å²) >= 11 is 0. The van der Waals surface area contributed by atoms with Crippen molar-refractivity contribution >= 4 is 23.2 Å². The van der Waals surface area contributed by atoms with Gasteiger partial charge in [0.25, 0.3) is 0 Å². The van der Waals surface area contributed by atoms with Gasteiger partial charge >= 0.3 is 0 Å². The summed E-state index contributed by atoms with van der Waals surface area (Å²) in [5.74, 6) is -0.644. The zero-order chi connectivity index (χ0) is 15.2. The van der Waals surface area contributed by atoms with Crippen LogP contribution in [0.3, 0.4) is 0 Å². The Morgan fingerprint density at radius 3 is 2.43 bits per heavy atom. The Balaban J connectivity index is 1.99. The fourth-order valence-electron chi connectivity index (χ4n) is 2.00.